The number of benzene rings is 2. The van der Waals surface area contributed by atoms with Crippen molar-refractivity contribution in [3.05, 3.63) is 60.2 Å². The van der Waals surface area contributed by atoms with Gasteiger partial charge in [-0.1, -0.05) is 43.7 Å². The van der Waals surface area contributed by atoms with E-state index < -0.39 is 22.3 Å². The second kappa shape index (κ2) is 7.99. The summed E-state index contributed by atoms with van der Waals surface area (Å²) in [5.41, 5.74) is 0.566. The molecule has 0 fully saturated rings. The van der Waals surface area contributed by atoms with Crippen LogP contribution in [0.15, 0.2) is 59.5 Å². The molecule has 1 aliphatic heterocycles. The van der Waals surface area contributed by atoms with Crippen molar-refractivity contribution in [3.63, 3.8) is 0 Å². The molecule has 0 aliphatic carbocycles. The maximum Gasteiger partial charge on any atom is 0.241 e. The molecule has 6 nitrogen and oxygen atoms in total. The lowest BCUT2D eigenvalue weighted by molar-refractivity contribution is 0.0852. The predicted octanol–water partition coefficient (Wildman–Crippen LogP) is 2.32. The van der Waals surface area contributed by atoms with Gasteiger partial charge in [0.2, 0.25) is 15.8 Å². The molecule has 2 unspecified atom stereocenters. The smallest absolute Gasteiger partial charge is 0.241 e. The van der Waals surface area contributed by atoms with Gasteiger partial charge in [0, 0.05) is 6.54 Å². The van der Waals surface area contributed by atoms with Crippen molar-refractivity contribution < 1.29 is 17.9 Å². The third-order valence-corrected chi connectivity index (χ3v) is 5.68. The van der Waals surface area contributed by atoms with E-state index in [4.69, 9.17) is 4.74 Å². The van der Waals surface area contributed by atoms with Crippen molar-refractivity contribution in [3.8, 4) is 5.75 Å². The lowest BCUT2D eigenvalue weighted by Gasteiger charge is -2.21. The van der Waals surface area contributed by atoms with Crippen LogP contribution in [-0.4, -0.2) is 33.0 Å². The van der Waals surface area contributed by atoms with Crippen LogP contribution >= 0.6 is 0 Å². The molecule has 0 bridgehead atoms. The number of ether oxygens (including phenoxy) is 1. The van der Waals surface area contributed by atoms with Crippen LogP contribution in [0.3, 0.4) is 0 Å². The van der Waals surface area contributed by atoms with Crippen molar-refractivity contribution in [1.82, 2.24) is 10.0 Å². The fourth-order valence-electron chi connectivity index (χ4n) is 2.88. The number of hydrogen-bond donors (Lipinski definition) is 2. The summed E-state index contributed by atoms with van der Waals surface area (Å²) in [6.07, 6.45) is 0.257. The molecule has 2 atom stereocenters. The Morgan fingerprint density at radius 3 is 2.46 bits per heavy atom. The van der Waals surface area contributed by atoms with Crippen molar-refractivity contribution in [2.45, 2.75) is 36.9 Å². The molecule has 0 aromatic heterocycles. The van der Waals surface area contributed by atoms with Gasteiger partial charge in [-0.3, -0.25) is 10.1 Å². The monoisotopic (exact) mass is 374 g/mol. The zero-order chi connectivity index (χ0) is 18.6. The highest BCUT2D eigenvalue weighted by atomic mass is 32.2. The summed E-state index contributed by atoms with van der Waals surface area (Å²) in [5, 5.41) is 3.12. The minimum Gasteiger partial charge on any atom is -0.480 e. The van der Waals surface area contributed by atoms with E-state index in [-0.39, 0.29) is 17.2 Å². The molecule has 0 spiro atoms. The van der Waals surface area contributed by atoms with E-state index in [2.05, 4.69) is 10.0 Å². The van der Waals surface area contributed by atoms with Gasteiger partial charge in [0.1, 0.15) is 5.75 Å². The third-order valence-electron chi connectivity index (χ3n) is 4.19. The Bertz CT molecular complexity index is 868. The quantitative estimate of drug-likeness (QED) is 0.693. The first-order valence-corrected chi connectivity index (χ1v) is 10.1. The fourth-order valence-corrected chi connectivity index (χ4v) is 4.11. The summed E-state index contributed by atoms with van der Waals surface area (Å²) in [7, 11) is -3.63. The molecule has 7 heteroatoms. The molecule has 0 saturated heterocycles. The van der Waals surface area contributed by atoms with Crippen LogP contribution in [0.2, 0.25) is 0 Å². The Hall–Kier alpha value is -2.22. The normalized spacial score (nSPS) is 17.6. The molecule has 3 rings (SSSR count). The average Bonchev–Trinajstić information content (AvgIpc) is 2.97. The Morgan fingerprint density at radius 2 is 1.77 bits per heavy atom. The molecule has 2 aromatic carbocycles. The van der Waals surface area contributed by atoms with E-state index in [1.54, 1.807) is 48.5 Å². The number of nitrogens with one attached hydrogen (secondary N) is 2. The molecule has 0 saturated carbocycles. The maximum absolute atomic E-state index is 12.5. The number of fused-ring (bicyclic) bond motifs is 1. The SMILES string of the molecule is CCCC(NCC1Oc2ccccc2C1=O)NS(=O)(=O)c1ccccc1. The van der Waals surface area contributed by atoms with Gasteiger partial charge in [-0.15, -0.1) is 0 Å². The number of carbonyl (C=O) groups is 1. The molecule has 1 aliphatic rings. The molecule has 138 valence electrons. The zero-order valence-corrected chi connectivity index (χ0v) is 15.3. The van der Waals surface area contributed by atoms with E-state index in [0.717, 1.165) is 6.42 Å². The van der Waals surface area contributed by atoms with Gasteiger partial charge in [-0.2, -0.15) is 4.72 Å². The number of sulfonamides is 1. The number of carbonyl (C=O) groups excluding carboxylic acids is 1. The zero-order valence-electron chi connectivity index (χ0n) is 14.5. The van der Waals surface area contributed by atoms with Gasteiger partial charge >= 0.3 is 0 Å². The minimum absolute atomic E-state index is 0.0886. The van der Waals surface area contributed by atoms with Crippen LogP contribution in [0.4, 0.5) is 0 Å². The van der Waals surface area contributed by atoms with Crippen molar-refractivity contribution in [2.24, 2.45) is 0 Å². The van der Waals surface area contributed by atoms with Crippen LogP contribution in [-0.2, 0) is 10.0 Å². The first-order valence-electron chi connectivity index (χ1n) is 8.62. The highest BCUT2D eigenvalue weighted by molar-refractivity contribution is 7.89. The Kier molecular flexibility index (Phi) is 5.70. The van der Waals surface area contributed by atoms with E-state index in [1.165, 1.54) is 0 Å². The number of hydrogen-bond acceptors (Lipinski definition) is 5. The minimum atomic E-state index is -3.63. The van der Waals surface area contributed by atoms with Crippen molar-refractivity contribution >= 4 is 15.8 Å². The summed E-state index contributed by atoms with van der Waals surface area (Å²) in [4.78, 5) is 12.6. The standard InChI is InChI=1S/C19H22N2O4S/c1-2-8-18(21-26(23,24)14-9-4-3-5-10-14)20-13-17-19(22)15-11-6-7-12-16(15)25-17/h3-7,9-12,17-18,20-21H,2,8,13H2,1H3. The van der Waals surface area contributed by atoms with Crippen LogP contribution in [0.25, 0.3) is 0 Å². The van der Waals surface area contributed by atoms with Gasteiger partial charge in [0.15, 0.2) is 6.10 Å². The summed E-state index contributed by atoms with van der Waals surface area (Å²) < 4.78 is 33.4. The Morgan fingerprint density at radius 1 is 1.08 bits per heavy atom. The molecular weight excluding hydrogens is 352 g/mol. The Balaban J connectivity index is 1.64. The molecule has 2 aromatic rings. The maximum atomic E-state index is 12.5. The summed E-state index contributed by atoms with van der Waals surface area (Å²) in [6, 6.07) is 15.3. The Labute approximate surface area is 153 Å². The van der Waals surface area contributed by atoms with Gasteiger partial charge in [-0.05, 0) is 30.7 Å². The molecule has 1 heterocycles. The largest absolute Gasteiger partial charge is 0.480 e. The van der Waals surface area contributed by atoms with Crippen molar-refractivity contribution in [1.29, 1.82) is 0 Å². The highest BCUT2D eigenvalue weighted by Gasteiger charge is 2.32. The number of ketones is 1. The molecule has 0 amide bonds. The van der Waals surface area contributed by atoms with Crippen LogP contribution < -0.4 is 14.8 Å². The van der Waals surface area contributed by atoms with Gasteiger partial charge < -0.3 is 4.74 Å². The molecule has 26 heavy (non-hydrogen) atoms. The van der Waals surface area contributed by atoms with E-state index in [1.807, 2.05) is 13.0 Å². The average molecular weight is 374 g/mol. The van der Waals surface area contributed by atoms with Crippen LogP contribution in [0, 0.1) is 0 Å². The summed E-state index contributed by atoms with van der Waals surface area (Å²) in [5.74, 6) is 0.482. The molecule has 0 radical (unpaired) electrons. The first kappa shape index (κ1) is 18.6. The van der Waals surface area contributed by atoms with Crippen LogP contribution in [0.5, 0.6) is 5.75 Å². The van der Waals surface area contributed by atoms with Gasteiger partial charge in [0.05, 0.1) is 16.6 Å². The van der Waals surface area contributed by atoms with Crippen molar-refractivity contribution in [2.75, 3.05) is 6.54 Å². The predicted molar refractivity (Wildman–Crippen MR) is 98.7 cm³/mol. The number of Topliss-reactive ketones (excluding diaryl/α,β-unsaturated/α-hetero) is 1. The highest BCUT2D eigenvalue weighted by Crippen LogP contribution is 2.27. The van der Waals surface area contributed by atoms with E-state index in [0.29, 0.717) is 17.7 Å². The summed E-state index contributed by atoms with van der Waals surface area (Å²) in [6.45, 7) is 2.20. The lowest BCUT2D eigenvalue weighted by atomic mass is 10.1. The summed E-state index contributed by atoms with van der Waals surface area (Å²) >= 11 is 0. The molecular formula is C19H22N2O4S. The van der Waals surface area contributed by atoms with E-state index in [9.17, 15) is 13.2 Å². The fraction of sp³-hybridized carbons (Fsp3) is 0.316. The number of rotatable bonds is 8. The number of para-hydroxylation sites is 1. The van der Waals surface area contributed by atoms with Gasteiger partial charge in [-0.25, -0.2) is 8.42 Å². The second-order valence-electron chi connectivity index (χ2n) is 6.15. The first-order chi connectivity index (χ1) is 12.5. The van der Waals surface area contributed by atoms with E-state index >= 15 is 0 Å². The molecule has 2 N–H and O–H groups in total. The van der Waals surface area contributed by atoms with Crippen LogP contribution in [0.1, 0.15) is 30.1 Å². The second-order valence-corrected chi connectivity index (χ2v) is 7.86. The third kappa shape index (κ3) is 4.12. The topological polar surface area (TPSA) is 84.5 Å². The lowest BCUT2D eigenvalue weighted by Crippen LogP contribution is -2.49. The van der Waals surface area contributed by atoms with Gasteiger partial charge in [0.25, 0.3) is 0 Å².